The molecule has 0 unspecified atom stereocenters. The van der Waals surface area contributed by atoms with Crippen molar-refractivity contribution in [2.24, 2.45) is 0 Å². The summed E-state index contributed by atoms with van der Waals surface area (Å²) in [5, 5.41) is 20.7. The van der Waals surface area contributed by atoms with E-state index in [1.165, 1.54) is 12.1 Å². The van der Waals surface area contributed by atoms with Crippen molar-refractivity contribution in [1.82, 2.24) is 0 Å². The van der Waals surface area contributed by atoms with Crippen LogP contribution < -0.4 is 5.32 Å². The molecule has 72 valence electrons. The standard InChI is InChI=1S/C8H9Cl2NO2/c9-8(10,13)5-11-6-1-3-7(12)4-2-6/h1-4,11-13H,5H2. The van der Waals surface area contributed by atoms with Crippen molar-refractivity contribution >= 4 is 28.9 Å². The molecule has 0 spiro atoms. The highest BCUT2D eigenvalue weighted by molar-refractivity contribution is 6.47. The average Bonchev–Trinajstić information content (AvgIpc) is 2.02. The molecular weight excluding hydrogens is 213 g/mol. The molecule has 0 aromatic heterocycles. The van der Waals surface area contributed by atoms with Gasteiger partial charge in [-0.2, -0.15) is 0 Å². The highest BCUT2D eigenvalue weighted by Gasteiger charge is 2.17. The van der Waals surface area contributed by atoms with E-state index in [2.05, 4.69) is 5.32 Å². The monoisotopic (exact) mass is 221 g/mol. The highest BCUT2D eigenvalue weighted by atomic mass is 35.5. The topological polar surface area (TPSA) is 52.5 Å². The van der Waals surface area contributed by atoms with Gasteiger partial charge < -0.3 is 15.5 Å². The third kappa shape index (κ3) is 4.22. The third-order valence-corrected chi connectivity index (χ3v) is 1.64. The van der Waals surface area contributed by atoms with Gasteiger partial charge in [0.05, 0.1) is 6.54 Å². The van der Waals surface area contributed by atoms with E-state index in [0.29, 0.717) is 0 Å². The zero-order valence-electron chi connectivity index (χ0n) is 6.67. The molecule has 3 nitrogen and oxygen atoms in total. The molecular formula is C8H9Cl2NO2. The van der Waals surface area contributed by atoms with Crippen LogP contribution in [0.3, 0.4) is 0 Å². The second kappa shape index (κ2) is 4.05. The number of alkyl halides is 2. The molecule has 0 saturated heterocycles. The molecule has 0 amide bonds. The van der Waals surface area contributed by atoms with Crippen molar-refractivity contribution in [2.45, 2.75) is 4.52 Å². The molecule has 0 atom stereocenters. The number of halogens is 2. The Labute approximate surface area is 85.9 Å². The first-order chi connectivity index (χ1) is 5.97. The van der Waals surface area contributed by atoms with Crippen LogP contribution in [0.1, 0.15) is 0 Å². The minimum atomic E-state index is -1.78. The van der Waals surface area contributed by atoms with E-state index < -0.39 is 4.52 Å². The maximum atomic E-state index is 8.96. The van der Waals surface area contributed by atoms with E-state index in [9.17, 15) is 0 Å². The van der Waals surface area contributed by atoms with Crippen LogP contribution in [0.5, 0.6) is 5.75 Å². The Bertz CT molecular complexity index is 268. The minimum absolute atomic E-state index is 0.0148. The van der Waals surface area contributed by atoms with E-state index in [4.69, 9.17) is 33.4 Å². The molecule has 3 N–H and O–H groups in total. The molecule has 0 saturated carbocycles. The molecule has 0 heterocycles. The number of aromatic hydroxyl groups is 1. The summed E-state index contributed by atoms with van der Waals surface area (Å²) in [6, 6.07) is 6.33. The smallest absolute Gasteiger partial charge is 0.232 e. The fraction of sp³-hybridized carbons (Fsp3) is 0.250. The Morgan fingerprint density at radius 2 is 1.77 bits per heavy atom. The predicted octanol–water partition coefficient (Wildman–Crippen LogP) is 1.93. The number of nitrogens with one attached hydrogen (secondary N) is 1. The maximum Gasteiger partial charge on any atom is 0.232 e. The van der Waals surface area contributed by atoms with E-state index in [0.717, 1.165) is 5.69 Å². The van der Waals surface area contributed by atoms with Crippen molar-refractivity contribution < 1.29 is 10.2 Å². The molecule has 0 aliphatic heterocycles. The van der Waals surface area contributed by atoms with Crippen molar-refractivity contribution in [1.29, 1.82) is 0 Å². The Kier molecular flexibility index (Phi) is 3.25. The van der Waals surface area contributed by atoms with Crippen LogP contribution in [0.25, 0.3) is 0 Å². The fourth-order valence-electron chi connectivity index (χ4n) is 0.788. The fourth-order valence-corrected chi connectivity index (χ4v) is 0.921. The molecule has 0 bridgehead atoms. The number of phenols is 1. The molecule has 1 aromatic carbocycles. The summed E-state index contributed by atoms with van der Waals surface area (Å²) in [5.74, 6) is 0.178. The van der Waals surface area contributed by atoms with Gasteiger partial charge in [0.1, 0.15) is 5.75 Å². The summed E-state index contributed by atoms with van der Waals surface area (Å²) < 4.78 is -1.78. The number of hydrogen-bond acceptors (Lipinski definition) is 3. The minimum Gasteiger partial charge on any atom is -0.508 e. The number of anilines is 1. The molecule has 0 aliphatic carbocycles. The summed E-state index contributed by atoms with van der Waals surface area (Å²) in [4.78, 5) is 0. The lowest BCUT2D eigenvalue weighted by atomic mass is 10.3. The summed E-state index contributed by atoms with van der Waals surface area (Å²) in [6.45, 7) is 0.0148. The van der Waals surface area contributed by atoms with E-state index in [-0.39, 0.29) is 12.3 Å². The molecule has 1 rings (SSSR count). The first-order valence-corrected chi connectivity index (χ1v) is 4.36. The third-order valence-electron chi connectivity index (χ3n) is 1.37. The number of aliphatic hydroxyl groups is 1. The summed E-state index contributed by atoms with van der Waals surface area (Å²) in [7, 11) is 0. The lowest BCUT2D eigenvalue weighted by Crippen LogP contribution is -2.23. The lowest BCUT2D eigenvalue weighted by molar-refractivity contribution is 0.228. The molecule has 1 aromatic rings. The van der Waals surface area contributed by atoms with Gasteiger partial charge in [0, 0.05) is 5.69 Å². The van der Waals surface area contributed by atoms with Gasteiger partial charge >= 0.3 is 0 Å². The average molecular weight is 222 g/mol. The van der Waals surface area contributed by atoms with Crippen LogP contribution in [-0.2, 0) is 0 Å². The second-order valence-electron chi connectivity index (χ2n) is 2.57. The van der Waals surface area contributed by atoms with E-state index in [1.807, 2.05) is 0 Å². The van der Waals surface area contributed by atoms with Gasteiger partial charge in [-0.1, -0.05) is 23.2 Å². The van der Waals surface area contributed by atoms with Crippen LogP contribution in [-0.4, -0.2) is 21.3 Å². The number of benzene rings is 1. The van der Waals surface area contributed by atoms with Gasteiger partial charge in [-0.25, -0.2) is 0 Å². The van der Waals surface area contributed by atoms with E-state index in [1.54, 1.807) is 12.1 Å². The Morgan fingerprint density at radius 3 is 2.23 bits per heavy atom. The quantitative estimate of drug-likeness (QED) is 0.541. The molecule has 13 heavy (non-hydrogen) atoms. The summed E-state index contributed by atoms with van der Waals surface area (Å²) in [6.07, 6.45) is 0. The van der Waals surface area contributed by atoms with Crippen LogP contribution in [0, 0.1) is 0 Å². The second-order valence-corrected chi connectivity index (χ2v) is 4.01. The van der Waals surface area contributed by atoms with Gasteiger partial charge in [0.2, 0.25) is 4.52 Å². The number of rotatable bonds is 3. The zero-order valence-corrected chi connectivity index (χ0v) is 8.18. The maximum absolute atomic E-state index is 8.96. The van der Waals surface area contributed by atoms with Gasteiger partial charge in [-0.3, -0.25) is 0 Å². The summed E-state index contributed by atoms with van der Waals surface area (Å²) >= 11 is 10.6. The van der Waals surface area contributed by atoms with Crippen LogP contribution in [0.2, 0.25) is 0 Å². The molecule has 0 fully saturated rings. The molecule has 0 aliphatic rings. The van der Waals surface area contributed by atoms with E-state index >= 15 is 0 Å². The molecule has 0 radical (unpaired) electrons. The van der Waals surface area contributed by atoms with Crippen LogP contribution >= 0.6 is 23.2 Å². The Balaban J connectivity index is 2.51. The van der Waals surface area contributed by atoms with Gasteiger partial charge in [-0.15, -0.1) is 0 Å². The van der Waals surface area contributed by atoms with Crippen LogP contribution in [0.4, 0.5) is 5.69 Å². The van der Waals surface area contributed by atoms with Gasteiger partial charge in [0.25, 0.3) is 0 Å². The van der Waals surface area contributed by atoms with Crippen LogP contribution in [0.15, 0.2) is 24.3 Å². The van der Waals surface area contributed by atoms with Gasteiger partial charge in [0.15, 0.2) is 0 Å². The number of phenolic OH excluding ortho intramolecular Hbond substituents is 1. The summed E-state index contributed by atoms with van der Waals surface area (Å²) in [5.41, 5.74) is 0.720. The Morgan fingerprint density at radius 1 is 1.23 bits per heavy atom. The van der Waals surface area contributed by atoms with Gasteiger partial charge in [-0.05, 0) is 24.3 Å². The van der Waals surface area contributed by atoms with Crippen molar-refractivity contribution in [3.05, 3.63) is 24.3 Å². The highest BCUT2D eigenvalue weighted by Crippen LogP contribution is 2.19. The van der Waals surface area contributed by atoms with Crippen molar-refractivity contribution in [3.63, 3.8) is 0 Å². The first-order valence-electron chi connectivity index (χ1n) is 3.60. The largest absolute Gasteiger partial charge is 0.508 e. The zero-order chi connectivity index (χ0) is 9.90. The normalized spacial score (nSPS) is 11.3. The van der Waals surface area contributed by atoms with Crippen molar-refractivity contribution in [3.8, 4) is 5.75 Å². The first kappa shape index (κ1) is 10.4. The predicted molar refractivity (Wildman–Crippen MR) is 53.3 cm³/mol. The lowest BCUT2D eigenvalue weighted by Gasteiger charge is -2.13. The Hall–Kier alpha value is -0.640. The SMILES string of the molecule is Oc1ccc(NCC(O)(Cl)Cl)cc1. The van der Waals surface area contributed by atoms with Crippen molar-refractivity contribution in [2.75, 3.05) is 11.9 Å². The molecule has 5 heteroatoms. The number of hydrogen-bond donors (Lipinski definition) is 3.